The van der Waals surface area contributed by atoms with Gasteiger partial charge in [-0.1, -0.05) is 12.1 Å². The van der Waals surface area contributed by atoms with E-state index in [9.17, 15) is 9.59 Å². The topological polar surface area (TPSA) is 92.4 Å². The van der Waals surface area contributed by atoms with E-state index in [2.05, 4.69) is 5.32 Å². The Morgan fingerprint density at radius 1 is 1.25 bits per heavy atom. The molecule has 4 N–H and O–H groups in total. The van der Waals surface area contributed by atoms with E-state index < -0.39 is 5.91 Å². The zero-order valence-corrected chi connectivity index (χ0v) is 8.77. The first-order chi connectivity index (χ1) is 7.58. The highest BCUT2D eigenvalue weighted by Crippen LogP contribution is 2.09. The number of aromatic hydroxyl groups is 1. The van der Waals surface area contributed by atoms with Crippen LogP contribution in [0, 0.1) is 0 Å². The summed E-state index contributed by atoms with van der Waals surface area (Å²) in [5, 5.41) is 11.6. The molecule has 0 bridgehead atoms. The quantitative estimate of drug-likeness (QED) is 0.651. The van der Waals surface area contributed by atoms with Crippen LogP contribution >= 0.6 is 0 Å². The predicted octanol–water partition coefficient (Wildman–Crippen LogP) is -0.0737. The number of phenols is 1. The summed E-state index contributed by atoms with van der Waals surface area (Å²) < 4.78 is 0. The van der Waals surface area contributed by atoms with Crippen molar-refractivity contribution in [1.29, 1.82) is 0 Å². The van der Waals surface area contributed by atoms with Crippen LogP contribution < -0.4 is 11.1 Å². The van der Waals surface area contributed by atoms with E-state index in [1.165, 1.54) is 12.1 Å². The number of rotatable bonds is 5. The van der Waals surface area contributed by atoms with Crippen LogP contribution in [0.5, 0.6) is 5.75 Å². The lowest BCUT2D eigenvalue weighted by Crippen LogP contribution is -2.29. The van der Waals surface area contributed by atoms with E-state index >= 15 is 0 Å². The van der Waals surface area contributed by atoms with Gasteiger partial charge < -0.3 is 16.2 Å². The summed E-state index contributed by atoms with van der Waals surface area (Å²) in [4.78, 5) is 21.8. The molecule has 2 amide bonds. The van der Waals surface area contributed by atoms with Crippen molar-refractivity contribution in [2.75, 3.05) is 6.54 Å². The molecule has 0 fully saturated rings. The normalized spacial score (nSPS) is 9.75. The molecule has 0 radical (unpaired) electrons. The van der Waals surface area contributed by atoms with Crippen LogP contribution in [0.4, 0.5) is 0 Å². The summed E-state index contributed by atoms with van der Waals surface area (Å²) in [6.45, 7) is 0.256. The van der Waals surface area contributed by atoms with Gasteiger partial charge in [0.1, 0.15) is 5.75 Å². The first-order valence-electron chi connectivity index (χ1n) is 4.91. The van der Waals surface area contributed by atoms with Crippen molar-refractivity contribution < 1.29 is 14.7 Å². The second-order valence-corrected chi connectivity index (χ2v) is 3.41. The van der Waals surface area contributed by atoms with E-state index in [0.717, 1.165) is 5.56 Å². The van der Waals surface area contributed by atoms with Crippen molar-refractivity contribution >= 4 is 11.8 Å². The lowest BCUT2D eigenvalue weighted by Gasteiger charge is -2.03. The minimum Gasteiger partial charge on any atom is -0.508 e. The van der Waals surface area contributed by atoms with Crippen molar-refractivity contribution in [3.63, 3.8) is 0 Å². The number of phenolic OH excluding ortho intramolecular Hbond substituents is 1. The number of carbonyl (C=O) groups is 2. The molecule has 1 aromatic carbocycles. The molecule has 0 aliphatic carbocycles. The average Bonchev–Trinajstić information content (AvgIpc) is 2.21. The van der Waals surface area contributed by atoms with Gasteiger partial charge in [-0.15, -0.1) is 0 Å². The molecule has 0 aliphatic rings. The lowest BCUT2D eigenvalue weighted by atomic mass is 10.1. The highest BCUT2D eigenvalue weighted by atomic mass is 16.3. The van der Waals surface area contributed by atoms with Crippen LogP contribution in [0.25, 0.3) is 0 Å². The van der Waals surface area contributed by atoms with Crippen LogP contribution in [-0.2, 0) is 16.0 Å². The zero-order valence-electron chi connectivity index (χ0n) is 8.77. The van der Waals surface area contributed by atoms with Gasteiger partial charge in [0.05, 0.1) is 6.42 Å². The Labute approximate surface area is 93.3 Å². The third-order valence-corrected chi connectivity index (χ3v) is 1.99. The van der Waals surface area contributed by atoms with Gasteiger partial charge in [0, 0.05) is 13.0 Å². The minimum atomic E-state index is -0.440. The maximum Gasteiger partial charge on any atom is 0.224 e. The molecule has 5 nitrogen and oxygen atoms in total. The standard InChI is InChI=1S/C11H14N2O3/c12-10(15)5-6-13-11(16)7-8-1-3-9(14)4-2-8/h1-4,14H,5-7H2,(H2,12,15)(H,13,16). The molecule has 0 atom stereocenters. The fourth-order valence-corrected chi connectivity index (χ4v) is 1.19. The third kappa shape index (κ3) is 4.45. The van der Waals surface area contributed by atoms with Gasteiger partial charge >= 0.3 is 0 Å². The van der Waals surface area contributed by atoms with Crippen LogP contribution in [0.3, 0.4) is 0 Å². The van der Waals surface area contributed by atoms with Crippen molar-refractivity contribution in [3.05, 3.63) is 29.8 Å². The molecule has 0 spiro atoms. The fraction of sp³-hybridized carbons (Fsp3) is 0.273. The van der Waals surface area contributed by atoms with Gasteiger partial charge in [0.2, 0.25) is 11.8 Å². The molecule has 0 heterocycles. The Morgan fingerprint density at radius 3 is 2.44 bits per heavy atom. The molecule has 0 unspecified atom stereocenters. The fourth-order valence-electron chi connectivity index (χ4n) is 1.19. The summed E-state index contributed by atoms with van der Waals surface area (Å²) in [5.41, 5.74) is 5.73. The Morgan fingerprint density at radius 2 is 1.88 bits per heavy atom. The van der Waals surface area contributed by atoms with Crippen LogP contribution in [0.1, 0.15) is 12.0 Å². The van der Waals surface area contributed by atoms with Gasteiger partial charge in [-0.3, -0.25) is 9.59 Å². The first kappa shape index (κ1) is 12.0. The smallest absolute Gasteiger partial charge is 0.224 e. The summed E-state index contributed by atoms with van der Waals surface area (Å²) in [5.74, 6) is -0.449. The SMILES string of the molecule is NC(=O)CCNC(=O)Cc1ccc(O)cc1. The van der Waals surface area contributed by atoms with Crippen molar-refractivity contribution in [2.24, 2.45) is 5.73 Å². The number of primary amides is 1. The van der Waals surface area contributed by atoms with Crippen molar-refractivity contribution in [2.45, 2.75) is 12.8 Å². The van der Waals surface area contributed by atoms with E-state index in [0.29, 0.717) is 0 Å². The highest BCUT2D eigenvalue weighted by Gasteiger charge is 2.03. The van der Waals surface area contributed by atoms with E-state index in [1.807, 2.05) is 0 Å². The van der Waals surface area contributed by atoms with Gasteiger partial charge in [0.25, 0.3) is 0 Å². The summed E-state index contributed by atoms with van der Waals surface area (Å²) in [6.07, 6.45) is 0.361. The molecule has 0 saturated heterocycles. The largest absolute Gasteiger partial charge is 0.508 e. The maximum atomic E-state index is 11.4. The molecule has 16 heavy (non-hydrogen) atoms. The van der Waals surface area contributed by atoms with Gasteiger partial charge in [-0.25, -0.2) is 0 Å². The van der Waals surface area contributed by atoms with Gasteiger partial charge in [-0.05, 0) is 17.7 Å². The molecule has 0 saturated carbocycles. The number of nitrogens with one attached hydrogen (secondary N) is 1. The van der Waals surface area contributed by atoms with E-state index in [-0.39, 0.29) is 31.0 Å². The summed E-state index contributed by atoms with van der Waals surface area (Å²) in [6, 6.07) is 6.38. The first-order valence-corrected chi connectivity index (χ1v) is 4.91. The lowest BCUT2D eigenvalue weighted by molar-refractivity contribution is -0.120. The van der Waals surface area contributed by atoms with Gasteiger partial charge in [-0.2, -0.15) is 0 Å². The molecular formula is C11H14N2O3. The number of benzene rings is 1. The summed E-state index contributed by atoms with van der Waals surface area (Å²) in [7, 11) is 0. The number of hydrogen-bond donors (Lipinski definition) is 3. The Kier molecular flexibility index (Phi) is 4.32. The second kappa shape index (κ2) is 5.75. The second-order valence-electron chi connectivity index (χ2n) is 3.41. The van der Waals surface area contributed by atoms with Crippen LogP contribution in [0.2, 0.25) is 0 Å². The Hall–Kier alpha value is -2.04. The Bertz CT molecular complexity index is 373. The molecule has 5 heteroatoms. The van der Waals surface area contributed by atoms with E-state index in [4.69, 9.17) is 10.8 Å². The third-order valence-electron chi connectivity index (χ3n) is 1.99. The molecule has 0 aromatic heterocycles. The number of amides is 2. The van der Waals surface area contributed by atoms with Crippen LogP contribution in [-0.4, -0.2) is 23.5 Å². The highest BCUT2D eigenvalue weighted by molar-refractivity contribution is 5.79. The van der Waals surface area contributed by atoms with Crippen LogP contribution in [0.15, 0.2) is 24.3 Å². The number of carbonyl (C=O) groups excluding carboxylic acids is 2. The molecule has 1 aromatic rings. The van der Waals surface area contributed by atoms with Gasteiger partial charge in [0.15, 0.2) is 0 Å². The number of hydrogen-bond acceptors (Lipinski definition) is 3. The van der Waals surface area contributed by atoms with Crippen molar-refractivity contribution in [3.8, 4) is 5.75 Å². The molecule has 86 valence electrons. The predicted molar refractivity (Wildman–Crippen MR) is 58.6 cm³/mol. The van der Waals surface area contributed by atoms with Crippen molar-refractivity contribution in [1.82, 2.24) is 5.32 Å². The Balaban J connectivity index is 2.34. The maximum absolute atomic E-state index is 11.4. The molecular weight excluding hydrogens is 208 g/mol. The summed E-state index contributed by atoms with van der Waals surface area (Å²) >= 11 is 0. The monoisotopic (exact) mass is 222 g/mol. The number of nitrogens with two attached hydrogens (primary N) is 1. The average molecular weight is 222 g/mol. The van der Waals surface area contributed by atoms with E-state index in [1.54, 1.807) is 12.1 Å². The molecule has 1 rings (SSSR count). The zero-order chi connectivity index (χ0) is 12.0. The molecule has 0 aliphatic heterocycles. The minimum absolute atomic E-state index is 0.140.